The monoisotopic (exact) mass is 591 g/mol. The van der Waals surface area contributed by atoms with E-state index < -0.39 is 41.3 Å². The fraction of sp³-hybridized carbons (Fsp3) is 0.424. The molecular formula is C33H35F6NO2. The fourth-order valence-corrected chi connectivity index (χ4v) is 5.78. The van der Waals surface area contributed by atoms with Gasteiger partial charge in [-0.25, -0.2) is 0 Å². The minimum atomic E-state index is -4.72. The van der Waals surface area contributed by atoms with Crippen molar-refractivity contribution in [2.75, 3.05) is 24.6 Å². The van der Waals surface area contributed by atoms with E-state index in [-0.39, 0.29) is 30.1 Å². The summed E-state index contributed by atoms with van der Waals surface area (Å²) >= 11 is 0. The van der Waals surface area contributed by atoms with Gasteiger partial charge in [0.25, 0.3) is 0 Å². The van der Waals surface area contributed by atoms with Crippen molar-refractivity contribution < 1.29 is 35.9 Å². The Morgan fingerprint density at radius 3 is 2.02 bits per heavy atom. The van der Waals surface area contributed by atoms with E-state index in [9.17, 15) is 31.1 Å². The summed E-state index contributed by atoms with van der Waals surface area (Å²) in [6.45, 7) is 6.17. The number of esters is 1. The number of piperidine rings is 1. The van der Waals surface area contributed by atoms with Gasteiger partial charge in [-0.15, -0.1) is 0 Å². The molecule has 1 saturated heterocycles. The van der Waals surface area contributed by atoms with Crippen LogP contribution < -0.4 is 4.90 Å². The van der Waals surface area contributed by atoms with Gasteiger partial charge in [-0.3, -0.25) is 4.79 Å². The van der Waals surface area contributed by atoms with Gasteiger partial charge in [-0.1, -0.05) is 50.2 Å². The van der Waals surface area contributed by atoms with E-state index in [1.807, 2.05) is 49.1 Å². The van der Waals surface area contributed by atoms with Crippen LogP contribution in [0.4, 0.5) is 32.0 Å². The zero-order valence-corrected chi connectivity index (χ0v) is 23.9. The lowest BCUT2D eigenvalue weighted by atomic mass is 9.78. The quantitative estimate of drug-likeness (QED) is 0.193. The third kappa shape index (κ3) is 7.28. The molecule has 226 valence electrons. The SMILES string of the molecule is CCOC(=O)C(CC(C)C)c1cc(-c2ccccc2)cc(C2CCN(c3ccc(C(F)(F)F)cc3)CC2)c1C(F)(F)F. The molecule has 0 aromatic heterocycles. The maximum Gasteiger partial charge on any atom is 0.416 e. The van der Waals surface area contributed by atoms with E-state index in [4.69, 9.17) is 4.74 Å². The van der Waals surface area contributed by atoms with Crippen LogP contribution in [0.3, 0.4) is 0 Å². The molecule has 0 saturated carbocycles. The molecule has 42 heavy (non-hydrogen) atoms. The highest BCUT2D eigenvalue weighted by molar-refractivity contribution is 5.80. The van der Waals surface area contributed by atoms with Gasteiger partial charge in [0.1, 0.15) is 0 Å². The summed E-state index contributed by atoms with van der Waals surface area (Å²) in [4.78, 5) is 15.0. The van der Waals surface area contributed by atoms with Gasteiger partial charge in [0.2, 0.25) is 0 Å². The molecule has 1 aliphatic heterocycles. The Balaban J connectivity index is 1.77. The molecule has 3 aromatic carbocycles. The van der Waals surface area contributed by atoms with Crippen LogP contribution in [0.15, 0.2) is 66.7 Å². The first kappa shape index (κ1) is 31.4. The molecule has 9 heteroatoms. The van der Waals surface area contributed by atoms with Gasteiger partial charge in [0.05, 0.1) is 23.7 Å². The van der Waals surface area contributed by atoms with Gasteiger partial charge in [-0.05, 0) is 90.6 Å². The fourth-order valence-electron chi connectivity index (χ4n) is 5.78. The summed E-state index contributed by atoms with van der Waals surface area (Å²) < 4.78 is 89.2. The second kappa shape index (κ2) is 12.8. The van der Waals surface area contributed by atoms with Crippen molar-refractivity contribution in [3.8, 4) is 11.1 Å². The molecule has 1 aliphatic rings. The van der Waals surface area contributed by atoms with Crippen LogP contribution in [0.1, 0.15) is 74.1 Å². The lowest BCUT2D eigenvalue weighted by Crippen LogP contribution is -2.34. The maximum absolute atomic E-state index is 15.0. The number of anilines is 1. The molecule has 0 radical (unpaired) electrons. The third-order valence-electron chi connectivity index (χ3n) is 7.74. The van der Waals surface area contributed by atoms with Gasteiger partial charge in [0.15, 0.2) is 0 Å². The van der Waals surface area contributed by atoms with E-state index in [0.717, 1.165) is 17.7 Å². The Labute approximate surface area is 242 Å². The van der Waals surface area contributed by atoms with Crippen LogP contribution >= 0.6 is 0 Å². The molecule has 0 N–H and O–H groups in total. The van der Waals surface area contributed by atoms with Gasteiger partial charge in [0, 0.05) is 18.8 Å². The maximum atomic E-state index is 15.0. The van der Waals surface area contributed by atoms with Crippen molar-refractivity contribution in [1.29, 1.82) is 0 Å². The highest BCUT2D eigenvalue weighted by Gasteiger charge is 2.42. The second-order valence-corrected chi connectivity index (χ2v) is 11.1. The summed E-state index contributed by atoms with van der Waals surface area (Å²) in [6.07, 6.45) is -8.22. The summed E-state index contributed by atoms with van der Waals surface area (Å²) in [6, 6.07) is 17.0. The lowest BCUT2D eigenvalue weighted by Gasteiger charge is -2.36. The van der Waals surface area contributed by atoms with Crippen molar-refractivity contribution in [2.45, 2.75) is 64.2 Å². The molecule has 0 amide bonds. The van der Waals surface area contributed by atoms with Crippen LogP contribution in [0.2, 0.25) is 0 Å². The van der Waals surface area contributed by atoms with Crippen molar-refractivity contribution in [3.63, 3.8) is 0 Å². The van der Waals surface area contributed by atoms with Crippen molar-refractivity contribution >= 4 is 11.7 Å². The summed E-state index contributed by atoms with van der Waals surface area (Å²) in [5, 5.41) is 0. The molecule has 1 fully saturated rings. The van der Waals surface area contributed by atoms with Crippen LogP contribution in [0.25, 0.3) is 11.1 Å². The standard InChI is InChI=1S/C33H35F6NO2/c1-4-42-31(41)29(18-21(2)3)28-20-24(22-8-6-5-7-9-22)19-27(30(28)33(37,38)39)23-14-16-40(17-15-23)26-12-10-25(11-13-26)32(34,35)36/h5-13,19-21,23,29H,4,14-18H2,1-3H3. The van der Waals surface area contributed by atoms with Crippen molar-refractivity contribution in [3.05, 3.63) is 89.0 Å². The number of hydrogen-bond donors (Lipinski definition) is 0. The summed E-state index contributed by atoms with van der Waals surface area (Å²) in [5.41, 5.74) is 0.461. The highest BCUT2D eigenvalue weighted by Crippen LogP contribution is 2.46. The lowest BCUT2D eigenvalue weighted by molar-refractivity contribution is -0.146. The summed E-state index contributed by atoms with van der Waals surface area (Å²) in [7, 11) is 0. The van der Waals surface area contributed by atoms with E-state index >= 15 is 0 Å². The number of nitrogens with zero attached hydrogens (tertiary/aromatic N) is 1. The molecular weight excluding hydrogens is 556 g/mol. The Bertz CT molecular complexity index is 1340. The second-order valence-electron chi connectivity index (χ2n) is 11.1. The minimum absolute atomic E-state index is 0.0580. The number of carbonyl (C=O) groups is 1. The van der Waals surface area contributed by atoms with Gasteiger partial charge in [-0.2, -0.15) is 26.3 Å². The number of rotatable bonds is 8. The van der Waals surface area contributed by atoms with Crippen LogP contribution in [-0.4, -0.2) is 25.7 Å². The van der Waals surface area contributed by atoms with Crippen LogP contribution in [0, 0.1) is 5.92 Å². The third-order valence-corrected chi connectivity index (χ3v) is 7.74. The molecule has 1 atom stereocenters. The topological polar surface area (TPSA) is 29.5 Å². The van der Waals surface area contributed by atoms with E-state index in [1.54, 1.807) is 13.0 Å². The van der Waals surface area contributed by atoms with Crippen molar-refractivity contribution in [2.24, 2.45) is 5.92 Å². The zero-order valence-electron chi connectivity index (χ0n) is 23.9. The number of benzene rings is 3. The molecule has 0 bridgehead atoms. The first-order valence-electron chi connectivity index (χ1n) is 14.2. The molecule has 0 aliphatic carbocycles. The average Bonchev–Trinajstić information content (AvgIpc) is 2.95. The normalized spacial score (nSPS) is 15.6. The smallest absolute Gasteiger partial charge is 0.416 e. The van der Waals surface area contributed by atoms with Crippen LogP contribution in [0.5, 0.6) is 0 Å². The minimum Gasteiger partial charge on any atom is -0.466 e. The Morgan fingerprint density at radius 1 is 0.881 bits per heavy atom. The zero-order chi connectivity index (χ0) is 30.7. The molecule has 0 spiro atoms. The van der Waals surface area contributed by atoms with Gasteiger partial charge < -0.3 is 9.64 Å². The Hall–Kier alpha value is -3.49. The number of halogens is 6. The predicted octanol–water partition coefficient (Wildman–Crippen LogP) is 9.47. The van der Waals surface area contributed by atoms with Gasteiger partial charge >= 0.3 is 18.3 Å². The van der Waals surface area contributed by atoms with E-state index in [1.165, 1.54) is 18.2 Å². The molecule has 1 unspecified atom stereocenters. The molecule has 3 aromatic rings. The largest absolute Gasteiger partial charge is 0.466 e. The average molecular weight is 592 g/mol. The van der Waals surface area contributed by atoms with E-state index in [2.05, 4.69) is 0 Å². The Morgan fingerprint density at radius 2 is 1.50 bits per heavy atom. The predicted molar refractivity (Wildman–Crippen MR) is 151 cm³/mol. The van der Waals surface area contributed by atoms with Crippen LogP contribution in [-0.2, 0) is 21.9 Å². The first-order chi connectivity index (χ1) is 19.8. The van der Waals surface area contributed by atoms with Crippen molar-refractivity contribution in [1.82, 2.24) is 0 Å². The molecule has 1 heterocycles. The highest BCUT2D eigenvalue weighted by atomic mass is 19.4. The number of ether oxygens (including phenoxy) is 1. The Kier molecular flexibility index (Phi) is 9.58. The number of carbonyl (C=O) groups excluding carboxylic acids is 1. The first-order valence-corrected chi connectivity index (χ1v) is 14.2. The number of alkyl halides is 6. The molecule has 4 rings (SSSR count). The summed E-state index contributed by atoms with van der Waals surface area (Å²) in [5.74, 6) is -2.28. The van der Waals surface area contributed by atoms with E-state index in [0.29, 0.717) is 37.2 Å². The number of hydrogen-bond acceptors (Lipinski definition) is 3. The molecule has 3 nitrogen and oxygen atoms in total.